The van der Waals surface area contributed by atoms with Crippen molar-refractivity contribution in [1.82, 2.24) is 0 Å². The van der Waals surface area contributed by atoms with Crippen molar-refractivity contribution in [3.8, 4) is 0 Å². The second-order valence-electron chi connectivity index (χ2n) is 8.63. The van der Waals surface area contributed by atoms with Gasteiger partial charge in [-0.3, -0.25) is 0 Å². The monoisotopic (exact) mass is 667 g/mol. The molecule has 46 heavy (non-hydrogen) atoms. The standard InChI is InChI=1S/3C11H12O2.3CH2O.Cr/c3*1-9(11(12)13)7-8-10-5-3-2-4-6-10;3*1-2;/h3*2-6H,1,7-8H2,(H,12,13);3*1H2;/q;;;;;;+3/p-3. The third-order valence-corrected chi connectivity index (χ3v) is 5.54. The van der Waals surface area contributed by atoms with Crippen molar-refractivity contribution in [2.24, 2.45) is 0 Å². The van der Waals surface area contributed by atoms with Crippen LogP contribution in [0, 0.1) is 0 Å². The maximum Gasteiger partial charge on any atom is 3.00 e. The van der Waals surface area contributed by atoms with Crippen molar-refractivity contribution in [1.29, 1.82) is 0 Å². The second kappa shape index (κ2) is 32.7. The maximum absolute atomic E-state index is 10.3. The van der Waals surface area contributed by atoms with Crippen LogP contribution in [0.25, 0.3) is 0 Å². The van der Waals surface area contributed by atoms with Crippen molar-refractivity contribution in [2.75, 3.05) is 0 Å². The van der Waals surface area contributed by atoms with E-state index in [-0.39, 0.29) is 34.1 Å². The molecule has 243 valence electrons. The molecule has 0 atom stereocenters. The molecule has 3 aromatic rings. The molecular formula is C36H39CrO9. The van der Waals surface area contributed by atoms with Crippen LogP contribution in [-0.4, -0.2) is 38.3 Å². The molecule has 0 aliphatic heterocycles. The van der Waals surface area contributed by atoms with Crippen LogP contribution < -0.4 is 15.3 Å². The third-order valence-electron chi connectivity index (χ3n) is 5.54. The van der Waals surface area contributed by atoms with Crippen LogP contribution in [0.5, 0.6) is 0 Å². The zero-order valence-electron chi connectivity index (χ0n) is 25.7. The minimum Gasteiger partial charge on any atom is -0.545 e. The molecule has 0 saturated heterocycles. The number of carbonyl (C=O) groups is 6. The van der Waals surface area contributed by atoms with Crippen molar-refractivity contribution < 1.29 is 61.4 Å². The van der Waals surface area contributed by atoms with E-state index in [0.29, 0.717) is 38.5 Å². The van der Waals surface area contributed by atoms with E-state index in [9.17, 15) is 29.7 Å². The Kier molecular flexibility index (Phi) is 34.0. The van der Waals surface area contributed by atoms with E-state index in [1.54, 1.807) is 0 Å². The van der Waals surface area contributed by atoms with Gasteiger partial charge in [0.25, 0.3) is 0 Å². The molecular weight excluding hydrogens is 628 g/mol. The molecule has 9 nitrogen and oxygen atoms in total. The van der Waals surface area contributed by atoms with Crippen LogP contribution in [0.4, 0.5) is 0 Å². The first kappa shape index (κ1) is 47.8. The Morgan fingerprint density at radius 2 is 0.587 bits per heavy atom. The van der Waals surface area contributed by atoms with Gasteiger partial charge in [0.05, 0.1) is 17.9 Å². The Balaban J connectivity index is -0.000000262. The summed E-state index contributed by atoms with van der Waals surface area (Å²) in [6, 6.07) is 29.1. The molecule has 0 N–H and O–H groups in total. The molecule has 0 fully saturated rings. The largest absolute Gasteiger partial charge is 3.00 e. The number of hydrogen-bond acceptors (Lipinski definition) is 9. The Bertz CT molecular complexity index is 1120. The number of carbonyl (C=O) groups excluding carboxylic acids is 6. The van der Waals surface area contributed by atoms with Gasteiger partial charge in [0.2, 0.25) is 0 Å². The quantitative estimate of drug-likeness (QED) is 0.263. The summed E-state index contributed by atoms with van der Waals surface area (Å²) in [5, 5.41) is 30.9. The van der Waals surface area contributed by atoms with Crippen LogP contribution >= 0.6 is 0 Å². The second-order valence-corrected chi connectivity index (χ2v) is 8.63. The first-order valence-corrected chi connectivity index (χ1v) is 13.3. The van der Waals surface area contributed by atoms with Crippen molar-refractivity contribution in [3.63, 3.8) is 0 Å². The molecule has 0 aliphatic rings. The van der Waals surface area contributed by atoms with Crippen LogP contribution in [0.1, 0.15) is 36.0 Å². The van der Waals surface area contributed by atoms with Crippen molar-refractivity contribution >= 4 is 38.3 Å². The molecule has 0 unspecified atom stereocenters. The molecule has 0 aromatic heterocycles. The van der Waals surface area contributed by atoms with Gasteiger partial charge in [-0.2, -0.15) is 0 Å². The summed E-state index contributed by atoms with van der Waals surface area (Å²) in [6.45, 7) is 16.2. The summed E-state index contributed by atoms with van der Waals surface area (Å²) in [4.78, 5) is 54.9. The average Bonchev–Trinajstić information content (AvgIpc) is 3.09. The summed E-state index contributed by atoms with van der Waals surface area (Å²) >= 11 is 0. The van der Waals surface area contributed by atoms with E-state index in [0.717, 1.165) is 16.7 Å². The zero-order valence-corrected chi connectivity index (χ0v) is 27.0. The summed E-state index contributed by atoms with van der Waals surface area (Å²) < 4.78 is 0. The normalized spacial score (nSPS) is 8.35. The summed E-state index contributed by atoms with van der Waals surface area (Å²) in [6.07, 6.45) is 3.46. The van der Waals surface area contributed by atoms with E-state index in [1.165, 1.54) is 0 Å². The molecule has 0 aliphatic carbocycles. The first-order chi connectivity index (χ1) is 21.6. The smallest absolute Gasteiger partial charge is 0.545 e. The number of carboxylic acids is 3. The molecule has 3 rings (SSSR count). The zero-order chi connectivity index (χ0) is 35.0. The Morgan fingerprint density at radius 3 is 0.739 bits per heavy atom. The van der Waals surface area contributed by atoms with Gasteiger partial charge in [0.15, 0.2) is 0 Å². The molecule has 1 radical (unpaired) electrons. The predicted molar refractivity (Wildman–Crippen MR) is 168 cm³/mol. The fourth-order valence-electron chi connectivity index (χ4n) is 3.13. The summed E-state index contributed by atoms with van der Waals surface area (Å²) in [5.41, 5.74) is 3.82. The number of aliphatic carboxylic acids is 3. The van der Waals surface area contributed by atoms with Crippen LogP contribution in [0.15, 0.2) is 127 Å². The predicted octanol–water partition coefficient (Wildman–Crippen LogP) is 2.22. The number of rotatable bonds is 12. The van der Waals surface area contributed by atoms with Crippen LogP contribution in [0.3, 0.4) is 0 Å². The van der Waals surface area contributed by atoms with Gasteiger partial charge in [-0.25, -0.2) is 0 Å². The van der Waals surface area contributed by atoms with Crippen molar-refractivity contribution in [3.05, 3.63) is 144 Å². The minimum absolute atomic E-state index is 0. The molecule has 10 heteroatoms. The number of hydrogen-bond donors (Lipinski definition) is 0. The fourth-order valence-corrected chi connectivity index (χ4v) is 3.13. The summed E-state index contributed by atoms with van der Waals surface area (Å²) in [5.74, 6) is -3.47. The van der Waals surface area contributed by atoms with E-state index >= 15 is 0 Å². The molecule has 0 bridgehead atoms. The Labute approximate surface area is 281 Å². The van der Waals surface area contributed by atoms with E-state index in [2.05, 4.69) is 19.7 Å². The van der Waals surface area contributed by atoms with Crippen LogP contribution in [0.2, 0.25) is 0 Å². The van der Waals surface area contributed by atoms with Gasteiger partial charge in [-0.1, -0.05) is 111 Å². The summed E-state index contributed by atoms with van der Waals surface area (Å²) in [7, 11) is 0. The molecule has 0 amide bonds. The molecule has 0 saturated carbocycles. The van der Waals surface area contributed by atoms with Gasteiger partial charge in [-0.05, 0) is 71.9 Å². The first-order valence-electron chi connectivity index (χ1n) is 13.3. The van der Waals surface area contributed by atoms with Gasteiger partial charge >= 0.3 is 17.4 Å². The van der Waals surface area contributed by atoms with Gasteiger partial charge < -0.3 is 44.1 Å². The Morgan fingerprint density at radius 1 is 0.413 bits per heavy atom. The topological polar surface area (TPSA) is 172 Å². The molecule has 0 spiro atoms. The average molecular weight is 668 g/mol. The number of aryl methyl sites for hydroxylation is 3. The Hall–Kier alpha value is -5.17. The van der Waals surface area contributed by atoms with Crippen molar-refractivity contribution in [2.45, 2.75) is 38.5 Å². The van der Waals surface area contributed by atoms with Gasteiger partial charge in [0, 0.05) is 0 Å². The van der Waals surface area contributed by atoms with Gasteiger partial charge in [0.1, 0.15) is 20.4 Å². The van der Waals surface area contributed by atoms with E-state index < -0.39 is 17.9 Å². The van der Waals surface area contributed by atoms with E-state index in [1.807, 2.05) is 111 Å². The minimum atomic E-state index is -1.16. The molecule has 3 aromatic carbocycles. The third kappa shape index (κ3) is 26.5. The fraction of sp³-hybridized carbons (Fsp3) is 0.167. The number of carboxylic acid groups (broad SMARTS) is 3. The SMILES string of the molecule is C=C(CCc1ccccc1)C(=O)[O-].C=C(CCc1ccccc1)C(=O)[O-].C=C(CCc1ccccc1)C(=O)[O-].C=O.C=O.C=O.[Cr+3]. The van der Waals surface area contributed by atoms with E-state index in [4.69, 9.17) is 14.4 Å². The maximum atomic E-state index is 10.3. The number of benzene rings is 3. The molecule has 0 heterocycles. The van der Waals surface area contributed by atoms with Gasteiger partial charge in [-0.15, -0.1) is 0 Å². The van der Waals surface area contributed by atoms with Crippen LogP contribution in [-0.2, 0) is 65.4 Å².